The Bertz CT molecular complexity index is 360. The number of allylic oxidation sites excluding steroid dienone is 1. The second-order valence-electron chi connectivity index (χ2n) is 4.30. The first-order chi connectivity index (χ1) is 8.19. The van der Waals surface area contributed by atoms with Crippen LogP contribution in [0.1, 0.15) is 24.1 Å². The summed E-state index contributed by atoms with van der Waals surface area (Å²) < 4.78 is 0. The van der Waals surface area contributed by atoms with Crippen molar-refractivity contribution >= 4 is 5.82 Å². The molecule has 1 aromatic heterocycles. The molecule has 0 aliphatic heterocycles. The van der Waals surface area contributed by atoms with E-state index in [2.05, 4.69) is 47.9 Å². The fourth-order valence-corrected chi connectivity index (χ4v) is 1.75. The van der Waals surface area contributed by atoms with Crippen LogP contribution in [0.5, 0.6) is 0 Å². The van der Waals surface area contributed by atoms with Gasteiger partial charge in [0.2, 0.25) is 0 Å². The first-order valence-electron chi connectivity index (χ1n) is 6.12. The molecule has 0 saturated heterocycles. The molecule has 0 amide bonds. The van der Waals surface area contributed by atoms with Crippen LogP contribution in [0, 0.1) is 6.92 Å². The maximum absolute atomic E-state index is 4.63. The fourth-order valence-electron chi connectivity index (χ4n) is 1.75. The second kappa shape index (κ2) is 7.07. The predicted octanol–water partition coefficient (Wildman–Crippen LogP) is 2.51. The predicted molar refractivity (Wildman–Crippen MR) is 74.4 cm³/mol. The number of aryl methyl sites for hydroxylation is 1. The van der Waals surface area contributed by atoms with Crippen molar-refractivity contribution in [3.05, 3.63) is 36.0 Å². The van der Waals surface area contributed by atoms with Crippen LogP contribution in [-0.2, 0) is 6.54 Å². The second-order valence-corrected chi connectivity index (χ2v) is 4.30. The number of anilines is 1. The Labute approximate surface area is 105 Å². The maximum atomic E-state index is 4.63. The summed E-state index contributed by atoms with van der Waals surface area (Å²) in [4.78, 5) is 6.82. The monoisotopic (exact) mass is 233 g/mol. The van der Waals surface area contributed by atoms with Gasteiger partial charge in [-0.25, -0.2) is 4.98 Å². The average Bonchev–Trinajstić information content (AvgIpc) is 2.32. The lowest BCUT2D eigenvalue weighted by Crippen LogP contribution is -2.20. The molecule has 0 spiro atoms. The molecule has 1 heterocycles. The van der Waals surface area contributed by atoms with E-state index in [0.29, 0.717) is 0 Å². The van der Waals surface area contributed by atoms with E-state index in [0.717, 1.165) is 37.4 Å². The van der Waals surface area contributed by atoms with Gasteiger partial charge >= 0.3 is 0 Å². The lowest BCUT2D eigenvalue weighted by atomic mass is 10.2. The molecule has 0 aromatic carbocycles. The van der Waals surface area contributed by atoms with E-state index in [1.54, 1.807) is 0 Å². The minimum Gasteiger partial charge on any atom is -0.360 e. The summed E-state index contributed by atoms with van der Waals surface area (Å²) in [6.07, 6.45) is 4.14. The number of unbranched alkanes of at least 4 members (excludes halogenated alkanes) is 1. The Kier molecular flexibility index (Phi) is 5.70. The van der Waals surface area contributed by atoms with E-state index in [-0.39, 0.29) is 0 Å². The molecule has 17 heavy (non-hydrogen) atoms. The van der Waals surface area contributed by atoms with E-state index in [1.165, 1.54) is 5.56 Å². The Morgan fingerprint density at radius 3 is 2.82 bits per heavy atom. The number of rotatable bonds is 7. The van der Waals surface area contributed by atoms with Gasteiger partial charge in [-0.2, -0.15) is 0 Å². The highest BCUT2D eigenvalue weighted by molar-refractivity contribution is 5.40. The third-order valence-corrected chi connectivity index (χ3v) is 2.84. The fraction of sp³-hybridized carbons (Fsp3) is 0.500. The van der Waals surface area contributed by atoms with Gasteiger partial charge in [0.15, 0.2) is 0 Å². The van der Waals surface area contributed by atoms with Crippen LogP contribution in [0.2, 0.25) is 0 Å². The van der Waals surface area contributed by atoms with Gasteiger partial charge in [0.05, 0.1) is 0 Å². The lowest BCUT2D eigenvalue weighted by Gasteiger charge is -2.19. The highest BCUT2D eigenvalue weighted by atomic mass is 15.2. The van der Waals surface area contributed by atoms with Gasteiger partial charge < -0.3 is 10.2 Å². The van der Waals surface area contributed by atoms with E-state index >= 15 is 0 Å². The van der Waals surface area contributed by atoms with Gasteiger partial charge in [0, 0.05) is 25.8 Å². The molecule has 0 radical (unpaired) electrons. The average molecular weight is 233 g/mol. The zero-order valence-electron chi connectivity index (χ0n) is 11.2. The zero-order valence-corrected chi connectivity index (χ0v) is 11.2. The SMILES string of the molecule is C=CCCCN(C)c1ccc(CNC)c(C)n1. The van der Waals surface area contributed by atoms with Crippen LogP contribution in [0.15, 0.2) is 24.8 Å². The van der Waals surface area contributed by atoms with Crippen LogP contribution in [0.25, 0.3) is 0 Å². The summed E-state index contributed by atoms with van der Waals surface area (Å²) in [7, 11) is 4.04. The molecule has 1 rings (SSSR count). The molecule has 0 saturated carbocycles. The summed E-state index contributed by atoms with van der Waals surface area (Å²) in [6, 6.07) is 4.24. The molecular formula is C14H23N3. The molecule has 0 bridgehead atoms. The van der Waals surface area contributed by atoms with Crippen molar-refractivity contribution in [2.45, 2.75) is 26.3 Å². The summed E-state index contributed by atoms with van der Waals surface area (Å²) in [5.41, 5.74) is 2.36. The molecular weight excluding hydrogens is 210 g/mol. The third kappa shape index (κ3) is 4.19. The molecule has 0 atom stereocenters. The summed E-state index contributed by atoms with van der Waals surface area (Å²) in [6.45, 7) is 7.69. The highest BCUT2D eigenvalue weighted by Crippen LogP contribution is 2.14. The molecule has 0 fully saturated rings. The van der Waals surface area contributed by atoms with Crippen molar-refractivity contribution in [1.29, 1.82) is 0 Å². The quantitative estimate of drug-likeness (QED) is 0.579. The molecule has 1 N–H and O–H groups in total. The van der Waals surface area contributed by atoms with Crippen LogP contribution in [-0.4, -0.2) is 25.6 Å². The molecule has 0 aliphatic rings. The summed E-state index contributed by atoms with van der Waals surface area (Å²) in [5.74, 6) is 1.05. The van der Waals surface area contributed by atoms with Crippen molar-refractivity contribution in [3.63, 3.8) is 0 Å². The molecule has 94 valence electrons. The number of hydrogen-bond donors (Lipinski definition) is 1. The van der Waals surface area contributed by atoms with E-state index in [4.69, 9.17) is 0 Å². The van der Waals surface area contributed by atoms with Gasteiger partial charge in [-0.05, 0) is 38.4 Å². The van der Waals surface area contributed by atoms with E-state index in [9.17, 15) is 0 Å². The zero-order chi connectivity index (χ0) is 12.7. The molecule has 1 aromatic rings. The highest BCUT2D eigenvalue weighted by Gasteiger charge is 2.04. The maximum Gasteiger partial charge on any atom is 0.128 e. The van der Waals surface area contributed by atoms with Crippen molar-refractivity contribution in [3.8, 4) is 0 Å². The van der Waals surface area contributed by atoms with Gasteiger partial charge in [0.25, 0.3) is 0 Å². The van der Waals surface area contributed by atoms with Gasteiger partial charge in [-0.15, -0.1) is 6.58 Å². The minimum atomic E-state index is 0.874. The number of aromatic nitrogens is 1. The number of nitrogens with zero attached hydrogens (tertiary/aromatic N) is 2. The normalized spacial score (nSPS) is 10.3. The Hall–Kier alpha value is -1.35. The van der Waals surface area contributed by atoms with Crippen molar-refractivity contribution in [1.82, 2.24) is 10.3 Å². The summed E-state index contributed by atoms with van der Waals surface area (Å²) >= 11 is 0. The first-order valence-corrected chi connectivity index (χ1v) is 6.12. The summed E-state index contributed by atoms with van der Waals surface area (Å²) in [5, 5.41) is 3.15. The van der Waals surface area contributed by atoms with Crippen molar-refractivity contribution in [2.24, 2.45) is 0 Å². The van der Waals surface area contributed by atoms with E-state index in [1.807, 2.05) is 13.1 Å². The molecule has 0 unspecified atom stereocenters. The van der Waals surface area contributed by atoms with Crippen LogP contribution in [0.3, 0.4) is 0 Å². The Morgan fingerprint density at radius 2 is 2.24 bits per heavy atom. The van der Waals surface area contributed by atoms with E-state index < -0.39 is 0 Å². The van der Waals surface area contributed by atoms with Gasteiger partial charge in [0.1, 0.15) is 5.82 Å². The van der Waals surface area contributed by atoms with Crippen LogP contribution in [0.4, 0.5) is 5.82 Å². The van der Waals surface area contributed by atoms with Gasteiger partial charge in [-0.1, -0.05) is 12.1 Å². The number of hydrogen-bond acceptors (Lipinski definition) is 3. The first kappa shape index (κ1) is 13.7. The number of nitrogens with one attached hydrogen (secondary N) is 1. The molecule has 3 heteroatoms. The van der Waals surface area contributed by atoms with Crippen molar-refractivity contribution < 1.29 is 0 Å². The minimum absolute atomic E-state index is 0.874. The standard InChI is InChI=1S/C14H23N3/c1-5-6-7-10-17(4)14-9-8-13(11-15-3)12(2)16-14/h5,8-9,15H,1,6-7,10-11H2,2-4H3. The lowest BCUT2D eigenvalue weighted by molar-refractivity contribution is 0.779. The van der Waals surface area contributed by atoms with Crippen LogP contribution < -0.4 is 10.2 Å². The Balaban J connectivity index is 2.64. The largest absolute Gasteiger partial charge is 0.360 e. The molecule has 0 aliphatic carbocycles. The number of pyridine rings is 1. The third-order valence-electron chi connectivity index (χ3n) is 2.84. The van der Waals surface area contributed by atoms with Crippen LogP contribution >= 0.6 is 0 Å². The topological polar surface area (TPSA) is 28.2 Å². The Morgan fingerprint density at radius 1 is 1.47 bits per heavy atom. The van der Waals surface area contributed by atoms with Crippen molar-refractivity contribution in [2.75, 3.05) is 25.5 Å². The van der Waals surface area contributed by atoms with Gasteiger partial charge in [-0.3, -0.25) is 0 Å². The smallest absolute Gasteiger partial charge is 0.128 e. The molecule has 3 nitrogen and oxygen atoms in total.